The monoisotopic (exact) mass is 333 g/mol. The van der Waals surface area contributed by atoms with Gasteiger partial charge in [-0.2, -0.15) is 0 Å². The van der Waals surface area contributed by atoms with Gasteiger partial charge in [-0.15, -0.1) is 23.1 Å². The van der Waals surface area contributed by atoms with Crippen molar-refractivity contribution in [3.8, 4) is 5.75 Å². The number of nitrogens with one attached hydrogen (secondary N) is 1. The number of thioether (sulfide) groups is 1. The van der Waals surface area contributed by atoms with Crippen LogP contribution in [0, 0.1) is 0 Å². The smallest absolute Gasteiger partial charge is 0.230 e. The molecule has 3 aromatic rings. The van der Waals surface area contributed by atoms with Crippen molar-refractivity contribution in [3.05, 3.63) is 47.7 Å². The molecule has 0 spiro atoms. The summed E-state index contributed by atoms with van der Waals surface area (Å²) in [7, 11) is 1.63. The lowest BCUT2D eigenvalue weighted by molar-refractivity contribution is -0.118. The fraction of sp³-hybridized carbons (Fsp3) is 0.200. The Bertz CT molecular complexity index is 753. The number of carbonyl (C=O) groups excluding carboxylic acids is 1. The number of aromatic nitrogens is 2. The third kappa shape index (κ3) is 3.61. The third-order valence-corrected chi connectivity index (χ3v) is 4.79. The van der Waals surface area contributed by atoms with Crippen LogP contribution in [-0.4, -0.2) is 28.2 Å². The summed E-state index contributed by atoms with van der Waals surface area (Å²) in [6.07, 6.45) is 3.89. The van der Waals surface area contributed by atoms with E-state index in [1.807, 2.05) is 46.4 Å². The normalized spacial score (nSPS) is 10.8. The van der Waals surface area contributed by atoms with E-state index in [1.165, 1.54) is 11.8 Å². The zero-order valence-electron chi connectivity index (χ0n) is 12.0. The van der Waals surface area contributed by atoms with E-state index in [0.717, 1.165) is 21.3 Å². The third-order valence-electron chi connectivity index (χ3n) is 3.02. The topological polar surface area (TPSA) is 55.6 Å². The molecule has 5 nitrogen and oxygen atoms in total. The Balaban J connectivity index is 1.48. The molecule has 0 saturated heterocycles. The van der Waals surface area contributed by atoms with Crippen LogP contribution < -0.4 is 10.1 Å². The number of rotatable bonds is 6. The van der Waals surface area contributed by atoms with Gasteiger partial charge >= 0.3 is 0 Å². The van der Waals surface area contributed by atoms with Crippen LogP contribution in [0.2, 0.25) is 0 Å². The first-order valence-electron chi connectivity index (χ1n) is 6.69. The molecule has 0 aliphatic carbocycles. The van der Waals surface area contributed by atoms with E-state index in [4.69, 9.17) is 4.74 Å². The second kappa shape index (κ2) is 6.85. The van der Waals surface area contributed by atoms with Gasteiger partial charge in [0, 0.05) is 22.7 Å². The zero-order valence-corrected chi connectivity index (χ0v) is 13.6. The molecule has 1 amide bonds. The lowest BCUT2D eigenvalue weighted by atomic mass is 10.3. The largest absolute Gasteiger partial charge is 0.497 e. The summed E-state index contributed by atoms with van der Waals surface area (Å²) in [5.74, 6) is 1.16. The van der Waals surface area contributed by atoms with Crippen LogP contribution in [0.4, 0.5) is 0 Å². The van der Waals surface area contributed by atoms with Crippen molar-refractivity contribution in [2.24, 2.45) is 0 Å². The number of fused-ring (bicyclic) bond motifs is 1. The van der Waals surface area contributed by atoms with Gasteiger partial charge in [0.05, 0.1) is 25.1 Å². The maximum atomic E-state index is 11.9. The van der Waals surface area contributed by atoms with Gasteiger partial charge in [-0.1, -0.05) is 6.07 Å². The summed E-state index contributed by atoms with van der Waals surface area (Å²) < 4.78 is 7.12. The second-order valence-corrected chi connectivity index (χ2v) is 6.49. The first-order chi connectivity index (χ1) is 10.7. The number of carbonyl (C=O) groups is 1. The molecule has 114 valence electrons. The Morgan fingerprint density at radius 3 is 3.23 bits per heavy atom. The SMILES string of the molecule is COc1cccc(SCC(=O)NCc2cn3ccsc3n2)c1. The van der Waals surface area contributed by atoms with E-state index in [9.17, 15) is 4.79 Å². The van der Waals surface area contributed by atoms with Gasteiger partial charge < -0.3 is 10.1 Å². The van der Waals surface area contributed by atoms with Gasteiger partial charge in [-0.05, 0) is 18.2 Å². The molecule has 0 atom stereocenters. The van der Waals surface area contributed by atoms with Crippen LogP contribution in [0.15, 0.2) is 46.9 Å². The molecule has 0 fully saturated rings. The van der Waals surface area contributed by atoms with Crippen LogP contribution >= 0.6 is 23.1 Å². The Morgan fingerprint density at radius 2 is 2.41 bits per heavy atom. The van der Waals surface area contributed by atoms with Crippen molar-refractivity contribution in [3.63, 3.8) is 0 Å². The van der Waals surface area contributed by atoms with Gasteiger partial charge in [-0.25, -0.2) is 4.98 Å². The molecule has 0 radical (unpaired) electrons. The average Bonchev–Trinajstić information content (AvgIpc) is 3.12. The van der Waals surface area contributed by atoms with E-state index in [-0.39, 0.29) is 5.91 Å². The molecule has 0 aliphatic rings. The molecule has 0 aliphatic heterocycles. The van der Waals surface area contributed by atoms with E-state index >= 15 is 0 Å². The predicted molar refractivity (Wildman–Crippen MR) is 88.6 cm³/mol. The zero-order chi connectivity index (χ0) is 15.4. The second-order valence-electron chi connectivity index (χ2n) is 4.57. The van der Waals surface area contributed by atoms with Crippen LogP contribution in [0.3, 0.4) is 0 Å². The highest BCUT2D eigenvalue weighted by molar-refractivity contribution is 8.00. The summed E-state index contributed by atoms with van der Waals surface area (Å²) in [6, 6.07) is 7.68. The van der Waals surface area contributed by atoms with E-state index in [0.29, 0.717) is 12.3 Å². The Morgan fingerprint density at radius 1 is 1.50 bits per heavy atom. The number of thiazole rings is 1. The first-order valence-corrected chi connectivity index (χ1v) is 8.56. The summed E-state index contributed by atoms with van der Waals surface area (Å²) in [5, 5.41) is 4.87. The quantitative estimate of drug-likeness (QED) is 0.705. The van der Waals surface area contributed by atoms with Crippen LogP contribution in [0.25, 0.3) is 4.96 Å². The first kappa shape index (κ1) is 14.9. The highest BCUT2D eigenvalue weighted by Crippen LogP contribution is 2.22. The van der Waals surface area contributed by atoms with Gasteiger partial charge in [0.25, 0.3) is 0 Å². The van der Waals surface area contributed by atoms with Gasteiger partial charge in [-0.3, -0.25) is 9.20 Å². The molecule has 7 heteroatoms. The number of hydrogen-bond acceptors (Lipinski definition) is 5. The molecule has 1 aromatic carbocycles. The lowest BCUT2D eigenvalue weighted by Crippen LogP contribution is -2.24. The minimum absolute atomic E-state index is 0.0100. The minimum atomic E-state index is -0.0100. The number of imidazole rings is 1. The van der Waals surface area contributed by atoms with Crippen molar-refractivity contribution in [1.29, 1.82) is 0 Å². The number of hydrogen-bond donors (Lipinski definition) is 1. The van der Waals surface area contributed by atoms with Gasteiger partial charge in [0.1, 0.15) is 5.75 Å². The average molecular weight is 333 g/mol. The number of ether oxygens (including phenoxy) is 1. The Labute approximate surface area is 136 Å². The van der Waals surface area contributed by atoms with E-state index < -0.39 is 0 Å². The van der Waals surface area contributed by atoms with E-state index in [1.54, 1.807) is 18.4 Å². The number of amides is 1. The molecule has 3 rings (SSSR count). The minimum Gasteiger partial charge on any atom is -0.497 e. The molecule has 22 heavy (non-hydrogen) atoms. The standard InChI is InChI=1S/C15H15N3O2S2/c1-20-12-3-2-4-13(7-12)22-10-14(19)16-8-11-9-18-5-6-21-15(18)17-11/h2-7,9H,8,10H2,1H3,(H,16,19). The van der Waals surface area contributed by atoms with Crippen molar-refractivity contribution >= 4 is 34.0 Å². The van der Waals surface area contributed by atoms with Crippen LogP contribution in [0.5, 0.6) is 5.75 Å². The Hall–Kier alpha value is -1.99. The fourth-order valence-corrected chi connectivity index (χ4v) is 3.43. The maximum Gasteiger partial charge on any atom is 0.230 e. The van der Waals surface area contributed by atoms with Gasteiger partial charge in [0.15, 0.2) is 4.96 Å². The summed E-state index contributed by atoms with van der Waals surface area (Å²) >= 11 is 3.06. The van der Waals surface area contributed by atoms with Crippen LogP contribution in [0.1, 0.15) is 5.69 Å². The molecule has 2 heterocycles. The van der Waals surface area contributed by atoms with Crippen LogP contribution in [-0.2, 0) is 11.3 Å². The molecule has 0 unspecified atom stereocenters. The molecule has 0 bridgehead atoms. The molecular formula is C15H15N3O2S2. The summed E-state index contributed by atoms with van der Waals surface area (Å²) in [5.41, 5.74) is 0.867. The highest BCUT2D eigenvalue weighted by atomic mass is 32.2. The van der Waals surface area contributed by atoms with Crippen molar-refractivity contribution < 1.29 is 9.53 Å². The molecule has 2 aromatic heterocycles. The van der Waals surface area contributed by atoms with Gasteiger partial charge in [0.2, 0.25) is 5.91 Å². The lowest BCUT2D eigenvalue weighted by Gasteiger charge is -2.05. The fourth-order valence-electron chi connectivity index (χ4n) is 1.94. The number of benzene rings is 1. The maximum absolute atomic E-state index is 11.9. The Kier molecular flexibility index (Phi) is 4.65. The van der Waals surface area contributed by atoms with Crippen molar-refractivity contribution in [2.45, 2.75) is 11.4 Å². The molecule has 0 saturated carbocycles. The van der Waals surface area contributed by atoms with Crippen molar-refractivity contribution in [2.75, 3.05) is 12.9 Å². The predicted octanol–water partition coefficient (Wildman–Crippen LogP) is 2.81. The molecular weight excluding hydrogens is 318 g/mol. The summed E-state index contributed by atoms with van der Waals surface area (Å²) in [6.45, 7) is 0.450. The van der Waals surface area contributed by atoms with Crippen molar-refractivity contribution in [1.82, 2.24) is 14.7 Å². The molecule has 1 N–H and O–H groups in total. The number of methoxy groups -OCH3 is 1. The van der Waals surface area contributed by atoms with E-state index in [2.05, 4.69) is 10.3 Å². The summed E-state index contributed by atoms with van der Waals surface area (Å²) in [4.78, 5) is 18.3. The highest BCUT2D eigenvalue weighted by Gasteiger charge is 2.06. The number of nitrogens with zero attached hydrogens (tertiary/aromatic N) is 2.